The molecule has 25 heavy (non-hydrogen) atoms. The largest absolute Gasteiger partial charge is 0.494 e. The minimum absolute atomic E-state index is 0.00434. The number of nitrogens with one attached hydrogen (secondary N) is 1. The van der Waals surface area contributed by atoms with E-state index in [1.54, 1.807) is 27.0 Å². The van der Waals surface area contributed by atoms with E-state index in [9.17, 15) is 18.8 Å². The van der Waals surface area contributed by atoms with Gasteiger partial charge in [-0.25, -0.2) is 9.18 Å². The van der Waals surface area contributed by atoms with Gasteiger partial charge in [-0.1, -0.05) is 6.07 Å². The van der Waals surface area contributed by atoms with Crippen molar-refractivity contribution in [2.45, 2.75) is 32.4 Å². The third kappa shape index (κ3) is 4.07. The van der Waals surface area contributed by atoms with Crippen LogP contribution in [-0.2, 0) is 16.1 Å². The lowest BCUT2D eigenvalue weighted by molar-refractivity contribution is -0.132. The summed E-state index contributed by atoms with van der Waals surface area (Å²) in [6.45, 7) is 3.44. The monoisotopic (exact) mass is 351 g/mol. The molecule has 0 unspecified atom stereocenters. The molecule has 1 aromatic rings. The van der Waals surface area contributed by atoms with Crippen LogP contribution in [0.15, 0.2) is 18.2 Å². The van der Waals surface area contributed by atoms with Gasteiger partial charge in [0, 0.05) is 26.6 Å². The van der Waals surface area contributed by atoms with E-state index < -0.39 is 17.4 Å². The van der Waals surface area contributed by atoms with Crippen molar-refractivity contribution < 1.29 is 23.5 Å². The second kappa shape index (κ2) is 7.08. The molecule has 1 aromatic carbocycles. The van der Waals surface area contributed by atoms with Crippen molar-refractivity contribution in [3.05, 3.63) is 29.6 Å². The van der Waals surface area contributed by atoms with E-state index in [4.69, 9.17) is 4.74 Å². The number of imide groups is 1. The van der Waals surface area contributed by atoms with Gasteiger partial charge in [-0.05, 0) is 31.5 Å². The van der Waals surface area contributed by atoms with Gasteiger partial charge in [0.2, 0.25) is 5.91 Å². The van der Waals surface area contributed by atoms with Crippen LogP contribution in [0, 0.1) is 5.82 Å². The number of carbonyl (C=O) groups excluding carboxylic acids is 3. The molecule has 1 N–H and O–H groups in total. The Morgan fingerprint density at radius 3 is 2.56 bits per heavy atom. The van der Waals surface area contributed by atoms with Gasteiger partial charge in [-0.2, -0.15) is 0 Å². The molecule has 136 valence electrons. The predicted octanol–water partition coefficient (Wildman–Crippen LogP) is 1.51. The lowest BCUT2D eigenvalue weighted by Crippen LogP contribution is -2.40. The lowest BCUT2D eigenvalue weighted by atomic mass is 10.1. The first kappa shape index (κ1) is 18.7. The quantitative estimate of drug-likeness (QED) is 0.788. The highest BCUT2D eigenvalue weighted by Crippen LogP contribution is 2.19. The molecule has 2 rings (SSSR count). The molecule has 1 aliphatic heterocycles. The molecule has 0 bridgehead atoms. The van der Waals surface area contributed by atoms with Crippen LogP contribution in [0.2, 0.25) is 0 Å². The Balaban J connectivity index is 1.92. The summed E-state index contributed by atoms with van der Waals surface area (Å²) in [6.07, 6.45) is 0.00434. The fourth-order valence-corrected chi connectivity index (χ4v) is 2.59. The van der Waals surface area contributed by atoms with Crippen LogP contribution in [-0.4, -0.2) is 53.9 Å². The van der Waals surface area contributed by atoms with Gasteiger partial charge in [-0.15, -0.1) is 0 Å². The zero-order chi connectivity index (χ0) is 18.8. The first-order valence-corrected chi connectivity index (χ1v) is 7.86. The van der Waals surface area contributed by atoms with Crippen LogP contribution >= 0.6 is 0 Å². The number of urea groups is 1. The summed E-state index contributed by atoms with van der Waals surface area (Å²) in [7, 11) is 2.96. The van der Waals surface area contributed by atoms with Crippen LogP contribution < -0.4 is 10.1 Å². The Morgan fingerprint density at radius 2 is 2.04 bits per heavy atom. The Morgan fingerprint density at radius 1 is 1.36 bits per heavy atom. The minimum atomic E-state index is -0.952. The first-order valence-electron chi connectivity index (χ1n) is 7.86. The topological polar surface area (TPSA) is 79.0 Å². The number of benzene rings is 1. The molecule has 4 amide bonds. The van der Waals surface area contributed by atoms with Crippen LogP contribution in [0.3, 0.4) is 0 Å². The number of hydrogen-bond acceptors (Lipinski definition) is 4. The molecule has 1 fully saturated rings. The number of hydrogen-bond donors (Lipinski definition) is 1. The molecular formula is C17H22FN3O4. The third-order valence-electron chi connectivity index (χ3n) is 4.06. The SMILES string of the molecule is COc1ccc(CN(C)C(=O)CCN2C(=O)NC(C)(C)C2=O)cc1F. The highest BCUT2D eigenvalue weighted by molar-refractivity contribution is 6.06. The summed E-state index contributed by atoms with van der Waals surface area (Å²) in [5.74, 6) is -0.965. The molecule has 0 atom stereocenters. The number of carbonyl (C=O) groups is 3. The van der Waals surface area contributed by atoms with E-state index in [-0.39, 0.29) is 37.1 Å². The normalized spacial score (nSPS) is 16.0. The molecule has 1 heterocycles. The molecule has 1 aliphatic rings. The van der Waals surface area contributed by atoms with E-state index in [0.29, 0.717) is 5.56 Å². The molecule has 0 aromatic heterocycles. The minimum Gasteiger partial charge on any atom is -0.494 e. The Labute approximate surface area is 145 Å². The van der Waals surface area contributed by atoms with E-state index in [1.807, 2.05) is 0 Å². The number of halogens is 1. The molecule has 7 nitrogen and oxygen atoms in total. The number of amides is 4. The van der Waals surface area contributed by atoms with E-state index in [0.717, 1.165) is 4.90 Å². The van der Waals surface area contributed by atoms with Gasteiger partial charge in [0.15, 0.2) is 11.6 Å². The summed E-state index contributed by atoms with van der Waals surface area (Å²) in [5.41, 5.74) is -0.336. The average Bonchev–Trinajstić information content (AvgIpc) is 2.73. The zero-order valence-electron chi connectivity index (χ0n) is 14.8. The van der Waals surface area contributed by atoms with Gasteiger partial charge < -0.3 is 15.0 Å². The highest BCUT2D eigenvalue weighted by Gasteiger charge is 2.44. The molecule has 0 saturated carbocycles. The van der Waals surface area contributed by atoms with Gasteiger partial charge >= 0.3 is 6.03 Å². The smallest absolute Gasteiger partial charge is 0.325 e. The van der Waals surface area contributed by atoms with Gasteiger partial charge in [0.1, 0.15) is 5.54 Å². The second-order valence-electron chi connectivity index (χ2n) is 6.48. The summed E-state index contributed by atoms with van der Waals surface area (Å²) < 4.78 is 18.6. The summed E-state index contributed by atoms with van der Waals surface area (Å²) in [5, 5.41) is 2.56. The van der Waals surface area contributed by atoms with Gasteiger partial charge in [0.05, 0.1) is 7.11 Å². The Hall–Kier alpha value is -2.64. The first-order chi connectivity index (χ1) is 11.7. The summed E-state index contributed by atoms with van der Waals surface area (Å²) in [6, 6.07) is 3.98. The van der Waals surface area contributed by atoms with Crippen molar-refractivity contribution in [2.24, 2.45) is 0 Å². The molecule has 0 radical (unpaired) electrons. The zero-order valence-corrected chi connectivity index (χ0v) is 14.8. The molecular weight excluding hydrogens is 329 g/mol. The Bertz CT molecular complexity index is 705. The molecule has 1 saturated heterocycles. The summed E-state index contributed by atoms with van der Waals surface area (Å²) in [4.78, 5) is 38.5. The van der Waals surface area contributed by atoms with E-state index in [1.165, 1.54) is 24.1 Å². The fourth-order valence-electron chi connectivity index (χ4n) is 2.59. The summed E-state index contributed by atoms with van der Waals surface area (Å²) >= 11 is 0. The van der Waals surface area contributed by atoms with Crippen LogP contribution in [0.25, 0.3) is 0 Å². The lowest BCUT2D eigenvalue weighted by Gasteiger charge is -2.20. The van der Waals surface area contributed by atoms with Crippen LogP contribution in [0.4, 0.5) is 9.18 Å². The number of ether oxygens (including phenoxy) is 1. The van der Waals surface area contributed by atoms with Crippen LogP contribution in [0.5, 0.6) is 5.75 Å². The molecule has 0 spiro atoms. The maximum atomic E-state index is 13.7. The average molecular weight is 351 g/mol. The van der Waals surface area contributed by atoms with Crippen molar-refractivity contribution in [1.82, 2.24) is 15.1 Å². The predicted molar refractivity (Wildman–Crippen MR) is 88.4 cm³/mol. The highest BCUT2D eigenvalue weighted by atomic mass is 19.1. The third-order valence-corrected chi connectivity index (χ3v) is 4.06. The van der Waals surface area contributed by atoms with E-state index in [2.05, 4.69) is 5.32 Å². The van der Waals surface area contributed by atoms with Crippen molar-refractivity contribution in [3.63, 3.8) is 0 Å². The van der Waals surface area contributed by atoms with Gasteiger partial charge in [-0.3, -0.25) is 14.5 Å². The number of nitrogens with zero attached hydrogens (tertiary/aromatic N) is 2. The standard InChI is InChI=1S/C17H22FN3O4/c1-17(2)15(23)21(16(24)19-17)8-7-14(22)20(3)10-11-5-6-13(25-4)12(18)9-11/h5-6,9H,7-8,10H2,1-4H3,(H,19,24). The van der Waals surface area contributed by atoms with E-state index >= 15 is 0 Å². The van der Waals surface area contributed by atoms with Crippen molar-refractivity contribution in [3.8, 4) is 5.75 Å². The van der Waals surface area contributed by atoms with Crippen molar-refractivity contribution in [2.75, 3.05) is 20.7 Å². The fraction of sp³-hybridized carbons (Fsp3) is 0.471. The van der Waals surface area contributed by atoms with Crippen molar-refractivity contribution in [1.29, 1.82) is 0 Å². The van der Waals surface area contributed by atoms with Crippen molar-refractivity contribution >= 4 is 17.8 Å². The molecule has 8 heteroatoms. The van der Waals surface area contributed by atoms with Gasteiger partial charge in [0.25, 0.3) is 5.91 Å². The second-order valence-corrected chi connectivity index (χ2v) is 6.48. The number of methoxy groups -OCH3 is 1. The number of rotatable bonds is 6. The Kier molecular flexibility index (Phi) is 5.30. The molecule has 0 aliphatic carbocycles. The van der Waals surface area contributed by atoms with Crippen LogP contribution in [0.1, 0.15) is 25.8 Å². The maximum Gasteiger partial charge on any atom is 0.325 e. The maximum absolute atomic E-state index is 13.7.